The van der Waals surface area contributed by atoms with Gasteiger partial charge in [-0.3, -0.25) is 4.79 Å². The number of Topliss-reactive ketones (excluding diaryl/α,β-unsaturated/α-hetero) is 1. The third-order valence-electron chi connectivity index (χ3n) is 1.53. The van der Waals surface area contributed by atoms with Crippen molar-refractivity contribution in [2.24, 2.45) is 0 Å². The minimum atomic E-state index is -1.43. The van der Waals surface area contributed by atoms with Crippen molar-refractivity contribution in [3.63, 3.8) is 0 Å². The Morgan fingerprint density at radius 2 is 2.00 bits per heavy atom. The van der Waals surface area contributed by atoms with Crippen LogP contribution in [0.1, 0.15) is 5.56 Å². The molecule has 0 amide bonds. The molecule has 1 rings (SSSR count). The van der Waals surface area contributed by atoms with Crippen LogP contribution in [0.5, 0.6) is 0 Å². The van der Waals surface area contributed by atoms with Crippen LogP contribution in [0.4, 0.5) is 0 Å². The number of ketones is 1. The molecule has 0 radical (unpaired) electrons. The molecular formula is C9H6BrClO3. The average molecular weight is 278 g/mol. The summed E-state index contributed by atoms with van der Waals surface area (Å²) in [4.78, 5) is 21.2. The molecule has 0 saturated heterocycles. The van der Waals surface area contributed by atoms with E-state index < -0.39 is 11.8 Å². The number of rotatable bonds is 3. The number of hydrogen-bond donors (Lipinski definition) is 1. The highest BCUT2D eigenvalue weighted by atomic mass is 79.9. The lowest BCUT2D eigenvalue weighted by Gasteiger charge is -2.00. The summed E-state index contributed by atoms with van der Waals surface area (Å²) in [6, 6.07) is 4.89. The number of carbonyl (C=O) groups excluding carboxylic acids is 1. The number of carboxylic acid groups (broad SMARTS) is 1. The van der Waals surface area contributed by atoms with Gasteiger partial charge in [-0.05, 0) is 23.8 Å². The third kappa shape index (κ3) is 3.12. The number of aliphatic carboxylic acids is 1. The van der Waals surface area contributed by atoms with E-state index in [2.05, 4.69) is 15.9 Å². The van der Waals surface area contributed by atoms with E-state index in [0.717, 1.165) is 4.47 Å². The van der Waals surface area contributed by atoms with E-state index in [9.17, 15) is 9.59 Å². The quantitative estimate of drug-likeness (QED) is 0.863. The Morgan fingerprint density at radius 1 is 1.36 bits per heavy atom. The second kappa shape index (κ2) is 4.57. The van der Waals surface area contributed by atoms with Crippen molar-refractivity contribution in [3.05, 3.63) is 33.3 Å². The van der Waals surface area contributed by atoms with Crippen molar-refractivity contribution in [2.45, 2.75) is 6.42 Å². The molecule has 14 heavy (non-hydrogen) atoms. The zero-order valence-electron chi connectivity index (χ0n) is 6.96. The average Bonchev–Trinajstić information content (AvgIpc) is 2.01. The van der Waals surface area contributed by atoms with Gasteiger partial charge in [-0.25, -0.2) is 4.79 Å². The summed E-state index contributed by atoms with van der Waals surface area (Å²) in [6.07, 6.45) is -0.144. The summed E-state index contributed by atoms with van der Waals surface area (Å²) >= 11 is 8.92. The molecule has 1 N–H and O–H groups in total. The number of carbonyl (C=O) groups is 2. The third-order valence-corrected chi connectivity index (χ3v) is 2.20. The molecule has 0 aliphatic rings. The Bertz CT molecular complexity index is 369. The Kier molecular flexibility index (Phi) is 3.66. The predicted molar refractivity (Wildman–Crippen MR) is 55.5 cm³/mol. The fourth-order valence-electron chi connectivity index (χ4n) is 0.974. The van der Waals surface area contributed by atoms with E-state index in [1.165, 1.54) is 0 Å². The van der Waals surface area contributed by atoms with Crippen molar-refractivity contribution in [1.29, 1.82) is 0 Å². The van der Waals surface area contributed by atoms with Crippen LogP contribution < -0.4 is 0 Å². The van der Waals surface area contributed by atoms with Gasteiger partial charge in [0.25, 0.3) is 0 Å². The van der Waals surface area contributed by atoms with E-state index in [0.29, 0.717) is 10.6 Å². The van der Waals surface area contributed by atoms with Crippen molar-refractivity contribution in [2.75, 3.05) is 0 Å². The van der Waals surface area contributed by atoms with Gasteiger partial charge in [0, 0.05) is 15.9 Å². The van der Waals surface area contributed by atoms with Crippen LogP contribution in [0.2, 0.25) is 5.02 Å². The van der Waals surface area contributed by atoms with Gasteiger partial charge in [0.1, 0.15) is 0 Å². The molecular weight excluding hydrogens is 271 g/mol. The van der Waals surface area contributed by atoms with Gasteiger partial charge >= 0.3 is 5.97 Å². The van der Waals surface area contributed by atoms with Crippen LogP contribution in [0.25, 0.3) is 0 Å². The van der Waals surface area contributed by atoms with Crippen molar-refractivity contribution >= 4 is 39.3 Å². The van der Waals surface area contributed by atoms with E-state index in [4.69, 9.17) is 16.7 Å². The van der Waals surface area contributed by atoms with E-state index >= 15 is 0 Å². The molecule has 0 aliphatic carbocycles. The molecule has 1 aromatic carbocycles. The fourth-order valence-corrected chi connectivity index (χ4v) is 1.90. The number of benzene rings is 1. The molecule has 0 fully saturated rings. The Hall–Kier alpha value is -0.870. The zero-order valence-corrected chi connectivity index (χ0v) is 9.30. The largest absolute Gasteiger partial charge is 0.475 e. The van der Waals surface area contributed by atoms with Gasteiger partial charge in [-0.15, -0.1) is 0 Å². The van der Waals surface area contributed by atoms with Crippen molar-refractivity contribution < 1.29 is 14.7 Å². The normalized spacial score (nSPS) is 9.86. The molecule has 5 heteroatoms. The lowest BCUT2D eigenvalue weighted by atomic mass is 10.1. The van der Waals surface area contributed by atoms with E-state index in [1.54, 1.807) is 18.2 Å². The molecule has 3 nitrogen and oxygen atoms in total. The van der Waals surface area contributed by atoms with Gasteiger partial charge in [0.15, 0.2) is 0 Å². The Morgan fingerprint density at radius 3 is 2.50 bits per heavy atom. The fraction of sp³-hybridized carbons (Fsp3) is 0.111. The predicted octanol–water partition coefficient (Wildman–Crippen LogP) is 2.30. The second-order valence-electron chi connectivity index (χ2n) is 2.68. The smallest absolute Gasteiger partial charge is 0.372 e. The molecule has 0 heterocycles. The van der Waals surface area contributed by atoms with Crippen LogP contribution in [0, 0.1) is 0 Å². The lowest BCUT2D eigenvalue weighted by Crippen LogP contribution is -2.14. The number of halogens is 2. The van der Waals surface area contributed by atoms with Gasteiger partial charge in [-0.2, -0.15) is 0 Å². The Balaban J connectivity index is 2.87. The zero-order chi connectivity index (χ0) is 10.7. The van der Waals surface area contributed by atoms with Crippen molar-refractivity contribution in [3.8, 4) is 0 Å². The standard InChI is InChI=1S/C9H6BrClO3/c10-6-1-5(2-7(11)4-6)3-8(12)9(13)14/h1-2,4H,3H2,(H,13,14). The first-order chi connectivity index (χ1) is 6.49. The van der Waals surface area contributed by atoms with Gasteiger partial charge in [0.2, 0.25) is 5.78 Å². The highest BCUT2D eigenvalue weighted by Crippen LogP contribution is 2.19. The topological polar surface area (TPSA) is 54.4 Å². The Labute approximate surface area is 93.8 Å². The summed E-state index contributed by atoms with van der Waals surface area (Å²) < 4.78 is 0.721. The maximum Gasteiger partial charge on any atom is 0.372 e. The van der Waals surface area contributed by atoms with Gasteiger partial charge < -0.3 is 5.11 Å². The summed E-state index contributed by atoms with van der Waals surface area (Å²) in [6.45, 7) is 0. The summed E-state index contributed by atoms with van der Waals surface area (Å²) in [7, 11) is 0. The van der Waals surface area contributed by atoms with Crippen LogP contribution in [-0.4, -0.2) is 16.9 Å². The summed E-state index contributed by atoms with van der Waals surface area (Å²) in [5.41, 5.74) is 0.580. The molecule has 1 aromatic rings. The van der Waals surface area contributed by atoms with Gasteiger partial charge in [-0.1, -0.05) is 27.5 Å². The molecule has 74 valence electrons. The summed E-state index contributed by atoms with van der Waals surface area (Å²) in [5.74, 6) is -2.28. The van der Waals surface area contributed by atoms with Crippen LogP contribution in [-0.2, 0) is 16.0 Å². The molecule has 0 aromatic heterocycles. The maximum absolute atomic E-state index is 10.9. The van der Waals surface area contributed by atoms with Crippen LogP contribution >= 0.6 is 27.5 Å². The molecule has 0 saturated carbocycles. The highest BCUT2D eigenvalue weighted by molar-refractivity contribution is 9.10. The first-order valence-electron chi connectivity index (χ1n) is 3.70. The molecule has 0 atom stereocenters. The van der Waals surface area contributed by atoms with E-state index in [-0.39, 0.29) is 6.42 Å². The first-order valence-corrected chi connectivity index (χ1v) is 4.87. The minimum Gasteiger partial charge on any atom is -0.475 e. The SMILES string of the molecule is O=C(O)C(=O)Cc1cc(Cl)cc(Br)c1. The number of carboxylic acids is 1. The van der Waals surface area contributed by atoms with Crippen LogP contribution in [0.3, 0.4) is 0 Å². The van der Waals surface area contributed by atoms with E-state index in [1.807, 2.05) is 0 Å². The maximum atomic E-state index is 10.9. The van der Waals surface area contributed by atoms with Crippen LogP contribution in [0.15, 0.2) is 22.7 Å². The highest BCUT2D eigenvalue weighted by Gasteiger charge is 2.12. The first kappa shape index (κ1) is 11.2. The lowest BCUT2D eigenvalue weighted by molar-refractivity contribution is -0.148. The monoisotopic (exact) mass is 276 g/mol. The molecule has 0 bridgehead atoms. The van der Waals surface area contributed by atoms with Crippen molar-refractivity contribution in [1.82, 2.24) is 0 Å². The molecule has 0 aliphatic heterocycles. The van der Waals surface area contributed by atoms with Gasteiger partial charge in [0.05, 0.1) is 0 Å². The molecule has 0 unspecified atom stereocenters. The minimum absolute atomic E-state index is 0.144. The number of hydrogen-bond acceptors (Lipinski definition) is 2. The second-order valence-corrected chi connectivity index (χ2v) is 4.03. The molecule has 0 spiro atoms. The summed E-state index contributed by atoms with van der Waals surface area (Å²) in [5, 5.41) is 8.85.